The van der Waals surface area contributed by atoms with Crippen molar-refractivity contribution in [2.75, 3.05) is 7.11 Å². The number of carbonyl (C=O) groups is 1. The van der Waals surface area contributed by atoms with Crippen molar-refractivity contribution in [1.29, 1.82) is 0 Å². The van der Waals surface area contributed by atoms with Crippen molar-refractivity contribution < 1.29 is 14.7 Å². The van der Waals surface area contributed by atoms with Crippen LogP contribution in [0.1, 0.15) is 30.5 Å². The van der Waals surface area contributed by atoms with E-state index in [9.17, 15) is 9.90 Å². The maximum Gasteiger partial charge on any atom is 0.282 e. The number of nitrogens with zero attached hydrogens (tertiary/aromatic N) is 1. The number of aryl methyl sites for hydroxylation is 2. The topological polar surface area (TPSA) is 49.8 Å². The Balaban J connectivity index is 2.69. The molecule has 0 bridgehead atoms. The highest BCUT2D eigenvalue weighted by molar-refractivity contribution is 6.23. The molecule has 0 fully saturated rings. The van der Waals surface area contributed by atoms with E-state index in [4.69, 9.17) is 4.84 Å². The summed E-state index contributed by atoms with van der Waals surface area (Å²) in [5.41, 5.74) is 2.20. The van der Waals surface area contributed by atoms with Crippen LogP contribution in [0.25, 0.3) is 5.57 Å². The third-order valence-corrected chi connectivity index (χ3v) is 3.64. The molecular weight excluding hydrogens is 242 g/mol. The minimum absolute atomic E-state index is 0.0525. The quantitative estimate of drug-likeness (QED) is 0.890. The highest BCUT2D eigenvalue weighted by atomic mass is 16.7. The Labute approximate surface area is 113 Å². The van der Waals surface area contributed by atoms with Gasteiger partial charge in [0.2, 0.25) is 0 Å². The van der Waals surface area contributed by atoms with Crippen molar-refractivity contribution in [3.63, 3.8) is 0 Å². The molecule has 2 rings (SSSR count). The van der Waals surface area contributed by atoms with Crippen molar-refractivity contribution in [3.8, 4) is 0 Å². The van der Waals surface area contributed by atoms with Crippen LogP contribution < -0.4 is 0 Å². The first-order valence-electron chi connectivity index (χ1n) is 6.21. The van der Waals surface area contributed by atoms with Crippen LogP contribution in [0.3, 0.4) is 0 Å². The molecule has 4 nitrogen and oxygen atoms in total. The number of carbonyl (C=O) groups excluding carboxylic acids is 1. The maximum absolute atomic E-state index is 12.5. The second-order valence-electron chi connectivity index (χ2n) is 5.33. The molecule has 0 aliphatic carbocycles. The molecule has 0 spiro atoms. The zero-order valence-electron chi connectivity index (χ0n) is 11.9. The molecule has 1 aliphatic rings. The number of aliphatic hydroxyl groups is 1. The minimum Gasteiger partial charge on any atom is -0.509 e. The molecule has 0 aromatic heterocycles. The molecular formula is C15H19NO3. The van der Waals surface area contributed by atoms with Gasteiger partial charge >= 0.3 is 0 Å². The molecule has 1 amide bonds. The van der Waals surface area contributed by atoms with Gasteiger partial charge in [0.25, 0.3) is 5.91 Å². The van der Waals surface area contributed by atoms with Gasteiger partial charge in [0.05, 0.1) is 12.7 Å². The summed E-state index contributed by atoms with van der Waals surface area (Å²) in [6, 6.07) is 5.79. The third-order valence-electron chi connectivity index (χ3n) is 3.64. The first kappa shape index (κ1) is 13.6. The van der Waals surface area contributed by atoms with Crippen LogP contribution >= 0.6 is 0 Å². The number of hydrogen-bond donors (Lipinski definition) is 1. The Morgan fingerprint density at radius 2 is 1.74 bits per heavy atom. The van der Waals surface area contributed by atoms with Crippen LogP contribution in [0.15, 0.2) is 24.0 Å². The van der Waals surface area contributed by atoms with E-state index < -0.39 is 5.54 Å². The van der Waals surface area contributed by atoms with Gasteiger partial charge in [0.15, 0.2) is 0 Å². The Hall–Kier alpha value is -1.81. The van der Waals surface area contributed by atoms with Crippen LogP contribution in [0.2, 0.25) is 0 Å². The summed E-state index contributed by atoms with van der Waals surface area (Å²) in [5, 5.41) is 11.6. The average Bonchev–Trinajstić information content (AvgIpc) is 2.48. The standard InChI is InChI=1S/C15H19NO3/c1-9-7-6-8-10(2)11(9)12-13(17)15(3,4)16(19-5)14(12)18/h6-8,17H,1-5H3. The molecule has 0 radical (unpaired) electrons. The van der Waals surface area contributed by atoms with Gasteiger partial charge < -0.3 is 5.11 Å². The van der Waals surface area contributed by atoms with E-state index in [1.54, 1.807) is 13.8 Å². The molecule has 1 aliphatic heterocycles. The van der Waals surface area contributed by atoms with Gasteiger partial charge in [0, 0.05) is 0 Å². The molecule has 102 valence electrons. The van der Waals surface area contributed by atoms with Crippen LogP contribution in [0.5, 0.6) is 0 Å². The number of hydroxylamine groups is 2. The van der Waals surface area contributed by atoms with E-state index in [2.05, 4.69) is 0 Å². The molecule has 0 atom stereocenters. The van der Waals surface area contributed by atoms with E-state index in [1.165, 1.54) is 12.2 Å². The van der Waals surface area contributed by atoms with Crippen LogP contribution in [0, 0.1) is 13.8 Å². The Morgan fingerprint density at radius 1 is 1.21 bits per heavy atom. The van der Waals surface area contributed by atoms with Gasteiger partial charge in [-0.1, -0.05) is 18.2 Å². The van der Waals surface area contributed by atoms with E-state index in [-0.39, 0.29) is 11.7 Å². The molecule has 1 heterocycles. The Morgan fingerprint density at radius 3 is 2.16 bits per heavy atom. The summed E-state index contributed by atoms with van der Waals surface area (Å²) >= 11 is 0. The molecule has 1 aromatic carbocycles. The zero-order valence-corrected chi connectivity index (χ0v) is 11.9. The largest absolute Gasteiger partial charge is 0.509 e. The summed E-state index contributed by atoms with van der Waals surface area (Å²) in [4.78, 5) is 17.6. The van der Waals surface area contributed by atoms with Crippen LogP contribution in [-0.2, 0) is 9.63 Å². The number of aliphatic hydroxyl groups excluding tert-OH is 1. The summed E-state index contributed by atoms with van der Waals surface area (Å²) in [6.45, 7) is 7.37. The smallest absolute Gasteiger partial charge is 0.282 e. The van der Waals surface area contributed by atoms with Gasteiger partial charge in [0.1, 0.15) is 11.3 Å². The van der Waals surface area contributed by atoms with Crippen LogP contribution in [-0.4, -0.2) is 28.7 Å². The first-order chi connectivity index (χ1) is 8.82. The second kappa shape index (κ2) is 4.38. The summed E-state index contributed by atoms with van der Waals surface area (Å²) in [7, 11) is 1.43. The number of benzene rings is 1. The fraction of sp³-hybridized carbons (Fsp3) is 0.400. The van der Waals surface area contributed by atoms with Crippen molar-refractivity contribution in [3.05, 3.63) is 40.6 Å². The number of amides is 1. The molecule has 1 N–H and O–H groups in total. The van der Waals surface area contributed by atoms with Gasteiger partial charge in [-0.3, -0.25) is 9.63 Å². The Kier molecular flexibility index (Phi) is 3.14. The highest BCUT2D eigenvalue weighted by Gasteiger charge is 2.47. The van der Waals surface area contributed by atoms with Crippen molar-refractivity contribution in [2.45, 2.75) is 33.2 Å². The van der Waals surface area contributed by atoms with E-state index in [0.717, 1.165) is 16.7 Å². The average molecular weight is 261 g/mol. The summed E-state index contributed by atoms with van der Waals surface area (Å²) < 4.78 is 0. The van der Waals surface area contributed by atoms with E-state index in [1.807, 2.05) is 32.0 Å². The summed E-state index contributed by atoms with van der Waals surface area (Å²) in [6.07, 6.45) is 0. The zero-order chi connectivity index (χ0) is 14.4. The predicted molar refractivity (Wildman–Crippen MR) is 73.4 cm³/mol. The highest BCUT2D eigenvalue weighted by Crippen LogP contribution is 2.40. The minimum atomic E-state index is -0.851. The SMILES string of the molecule is CON1C(=O)C(c2c(C)cccc2C)=C(O)C1(C)C. The lowest BCUT2D eigenvalue weighted by molar-refractivity contribution is -0.189. The van der Waals surface area contributed by atoms with Crippen molar-refractivity contribution in [2.24, 2.45) is 0 Å². The lowest BCUT2D eigenvalue weighted by Gasteiger charge is -2.28. The summed E-state index contributed by atoms with van der Waals surface area (Å²) in [5.74, 6) is -0.251. The fourth-order valence-electron chi connectivity index (χ4n) is 2.60. The van der Waals surface area contributed by atoms with Gasteiger partial charge in [-0.25, -0.2) is 5.06 Å². The lowest BCUT2D eigenvalue weighted by Crippen LogP contribution is -2.42. The Bertz CT molecular complexity index is 553. The van der Waals surface area contributed by atoms with E-state index >= 15 is 0 Å². The molecule has 0 unspecified atom stereocenters. The predicted octanol–water partition coefficient (Wildman–Crippen LogP) is 2.75. The van der Waals surface area contributed by atoms with Crippen molar-refractivity contribution >= 4 is 11.5 Å². The van der Waals surface area contributed by atoms with Gasteiger partial charge in [-0.15, -0.1) is 0 Å². The maximum atomic E-state index is 12.5. The second-order valence-corrected chi connectivity index (χ2v) is 5.33. The van der Waals surface area contributed by atoms with Crippen molar-refractivity contribution in [1.82, 2.24) is 5.06 Å². The van der Waals surface area contributed by atoms with Gasteiger partial charge in [-0.05, 0) is 44.4 Å². The van der Waals surface area contributed by atoms with E-state index in [0.29, 0.717) is 5.57 Å². The molecule has 19 heavy (non-hydrogen) atoms. The molecule has 1 aromatic rings. The monoisotopic (exact) mass is 261 g/mol. The third kappa shape index (κ3) is 1.83. The molecule has 0 saturated heterocycles. The van der Waals surface area contributed by atoms with Gasteiger partial charge in [-0.2, -0.15) is 0 Å². The molecule has 4 heteroatoms. The number of hydrogen-bond acceptors (Lipinski definition) is 3. The first-order valence-corrected chi connectivity index (χ1v) is 6.21. The normalized spacial score (nSPS) is 18.4. The lowest BCUT2D eigenvalue weighted by atomic mass is 9.93. The number of rotatable bonds is 2. The molecule has 0 saturated carbocycles. The fourth-order valence-corrected chi connectivity index (χ4v) is 2.60. The van der Waals surface area contributed by atoms with Crippen LogP contribution in [0.4, 0.5) is 0 Å².